The average Bonchev–Trinajstić information content (AvgIpc) is 3.12. The summed E-state index contributed by atoms with van der Waals surface area (Å²) >= 11 is 9.57. The lowest BCUT2D eigenvalue weighted by atomic mass is 10.2. The third kappa shape index (κ3) is 5.24. The smallest absolute Gasteiger partial charge is 0.323 e. The molecule has 0 aliphatic carbocycles. The van der Waals surface area contributed by atoms with Crippen molar-refractivity contribution < 1.29 is 9.47 Å². The van der Waals surface area contributed by atoms with Crippen LogP contribution >= 0.6 is 27.5 Å². The van der Waals surface area contributed by atoms with Crippen molar-refractivity contribution in [2.75, 3.05) is 11.9 Å². The zero-order valence-corrected chi connectivity index (χ0v) is 19.1. The largest absolute Gasteiger partial charge is 0.490 e. The monoisotopic (exact) mass is 501 g/mol. The fourth-order valence-corrected chi connectivity index (χ4v) is 3.94. The van der Waals surface area contributed by atoms with Gasteiger partial charge in [-0.25, -0.2) is 4.79 Å². The van der Waals surface area contributed by atoms with Crippen LogP contribution in [0.15, 0.2) is 63.9 Å². The van der Waals surface area contributed by atoms with Crippen LogP contribution in [-0.2, 0) is 13.2 Å². The van der Waals surface area contributed by atoms with Gasteiger partial charge < -0.3 is 24.8 Å². The molecule has 4 aromatic rings. The molecule has 3 N–H and O–H groups in total. The van der Waals surface area contributed by atoms with E-state index in [0.717, 1.165) is 32.3 Å². The molecule has 1 heterocycles. The van der Waals surface area contributed by atoms with Crippen LogP contribution in [0.5, 0.6) is 11.5 Å². The van der Waals surface area contributed by atoms with Crippen LogP contribution in [0.3, 0.4) is 0 Å². The van der Waals surface area contributed by atoms with Crippen LogP contribution in [0.25, 0.3) is 11.0 Å². The zero-order valence-electron chi connectivity index (χ0n) is 16.8. The van der Waals surface area contributed by atoms with Crippen molar-refractivity contribution in [3.63, 3.8) is 0 Å². The van der Waals surface area contributed by atoms with Crippen LogP contribution < -0.4 is 20.5 Å². The molecule has 31 heavy (non-hydrogen) atoms. The predicted molar refractivity (Wildman–Crippen MR) is 127 cm³/mol. The first kappa shape index (κ1) is 21.3. The van der Waals surface area contributed by atoms with Crippen molar-refractivity contribution >= 4 is 44.3 Å². The highest BCUT2D eigenvalue weighted by Crippen LogP contribution is 2.37. The van der Waals surface area contributed by atoms with E-state index >= 15 is 0 Å². The number of nitrogens with one attached hydrogen (secondary N) is 3. The van der Waals surface area contributed by atoms with E-state index in [2.05, 4.69) is 31.2 Å². The number of hydrogen-bond acceptors (Lipinski definition) is 4. The summed E-state index contributed by atoms with van der Waals surface area (Å²) in [6.45, 7) is 3.45. The number of halogens is 2. The molecule has 8 heteroatoms. The highest BCUT2D eigenvalue weighted by molar-refractivity contribution is 9.10. The van der Waals surface area contributed by atoms with Gasteiger partial charge in [0.05, 0.1) is 22.1 Å². The number of imidazole rings is 1. The topological polar surface area (TPSA) is 79.1 Å². The minimum absolute atomic E-state index is 0.216. The van der Waals surface area contributed by atoms with Gasteiger partial charge in [-0.2, -0.15) is 0 Å². The molecular weight excluding hydrogens is 482 g/mol. The molecule has 0 spiro atoms. The van der Waals surface area contributed by atoms with Gasteiger partial charge in [0.15, 0.2) is 11.5 Å². The lowest BCUT2D eigenvalue weighted by Gasteiger charge is -2.16. The fraction of sp³-hybridized carbons (Fsp3) is 0.174. The first-order valence-corrected chi connectivity index (χ1v) is 11.0. The normalized spacial score (nSPS) is 10.9. The van der Waals surface area contributed by atoms with Crippen molar-refractivity contribution in [2.24, 2.45) is 0 Å². The van der Waals surface area contributed by atoms with E-state index in [0.29, 0.717) is 36.3 Å². The molecule has 3 aromatic carbocycles. The van der Waals surface area contributed by atoms with Crippen LogP contribution in [0.2, 0.25) is 5.02 Å². The Kier molecular flexibility index (Phi) is 6.53. The minimum atomic E-state index is -0.216. The molecule has 0 radical (unpaired) electrons. The number of H-pyrrole nitrogens is 2. The SMILES string of the molecule is CCOc1cc(CNc2ccc3[nH]c(=O)[nH]c3c2)cc(Br)c1OCc1ccc(Cl)cc1. The number of hydrogen-bond donors (Lipinski definition) is 3. The Bertz CT molecular complexity index is 1250. The summed E-state index contributed by atoms with van der Waals surface area (Å²) in [6, 6.07) is 17.2. The summed E-state index contributed by atoms with van der Waals surface area (Å²) in [4.78, 5) is 16.9. The molecule has 0 aliphatic heterocycles. The van der Waals surface area contributed by atoms with Gasteiger partial charge in [0.25, 0.3) is 0 Å². The van der Waals surface area contributed by atoms with E-state index in [1.54, 1.807) is 0 Å². The van der Waals surface area contributed by atoms with Crippen LogP contribution in [0, 0.1) is 0 Å². The van der Waals surface area contributed by atoms with Crippen molar-refractivity contribution in [3.8, 4) is 11.5 Å². The molecule has 4 rings (SSSR count). The van der Waals surface area contributed by atoms with E-state index in [1.807, 2.05) is 61.5 Å². The number of fused-ring (bicyclic) bond motifs is 1. The standard InChI is InChI=1S/C23H21BrClN3O3/c1-2-30-21-10-15(12-26-17-7-8-19-20(11-17)28-23(29)27-19)9-18(24)22(21)31-13-14-3-5-16(25)6-4-14/h3-11,26H,2,12-13H2,1H3,(H2,27,28,29). The van der Waals surface area contributed by atoms with Gasteiger partial charge in [-0.1, -0.05) is 23.7 Å². The van der Waals surface area contributed by atoms with E-state index < -0.39 is 0 Å². The van der Waals surface area contributed by atoms with Crippen molar-refractivity contribution in [1.82, 2.24) is 9.97 Å². The molecule has 6 nitrogen and oxygen atoms in total. The Hall–Kier alpha value is -2.90. The van der Waals surface area contributed by atoms with E-state index in [4.69, 9.17) is 21.1 Å². The summed E-state index contributed by atoms with van der Waals surface area (Å²) in [7, 11) is 0. The number of aromatic amines is 2. The minimum Gasteiger partial charge on any atom is -0.490 e. The zero-order chi connectivity index (χ0) is 21.8. The van der Waals surface area contributed by atoms with Gasteiger partial charge in [0, 0.05) is 17.3 Å². The summed E-state index contributed by atoms with van der Waals surface area (Å²) in [5, 5.41) is 4.07. The number of aromatic nitrogens is 2. The number of anilines is 1. The van der Waals surface area contributed by atoms with E-state index in [-0.39, 0.29) is 5.69 Å². The second-order valence-corrected chi connectivity index (χ2v) is 8.24. The van der Waals surface area contributed by atoms with Crippen molar-refractivity contribution in [2.45, 2.75) is 20.1 Å². The molecule has 0 amide bonds. The molecule has 0 atom stereocenters. The lowest BCUT2D eigenvalue weighted by Crippen LogP contribution is -2.04. The molecule has 0 saturated carbocycles. The number of ether oxygens (including phenoxy) is 2. The quantitative estimate of drug-likeness (QED) is 0.282. The maximum atomic E-state index is 11.4. The molecule has 1 aromatic heterocycles. The predicted octanol–water partition coefficient (Wildman–Crippen LogP) is 5.86. The third-order valence-electron chi connectivity index (χ3n) is 4.68. The molecule has 0 fully saturated rings. The van der Waals surface area contributed by atoms with E-state index in [9.17, 15) is 4.79 Å². The van der Waals surface area contributed by atoms with E-state index in [1.165, 1.54) is 0 Å². The van der Waals surface area contributed by atoms with Crippen molar-refractivity contribution in [3.05, 3.63) is 85.7 Å². The Morgan fingerprint density at radius 1 is 0.968 bits per heavy atom. The highest BCUT2D eigenvalue weighted by atomic mass is 79.9. The second-order valence-electron chi connectivity index (χ2n) is 6.95. The average molecular weight is 503 g/mol. The first-order valence-electron chi connectivity index (χ1n) is 9.80. The van der Waals surface area contributed by atoms with Gasteiger partial charge in [0.1, 0.15) is 6.61 Å². The molecule has 0 bridgehead atoms. The second kappa shape index (κ2) is 9.49. The Morgan fingerprint density at radius 3 is 2.52 bits per heavy atom. The number of benzene rings is 3. The summed E-state index contributed by atoms with van der Waals surface area (Å²) < 4.78 is 12.7. The van der Waals surface area contributed by atoms with Gasteiger partial charge in [0.2, 0.25) is 0 Å². The van der Waals surface area contributed by atoms with Gasteiger partial charge in [-0.05, 0) is 76.4 Å². The first-order chi connectivity index (χ1) is 15.0. The summed E-state index contributed by atoms with van der Waals surface area (Å²) in [5.41, 5.74) is 4.27. The Morgan fingerprint density at radius 2 is 1.74 bits per heavy atom. The summed E-state index contributed by atoms with van der Waals surface area (Å²) in [5.74, 6) is 1.33. The van der Waals surface area contributed by atoms with Crippen LogP contribution in [0.4, 0.5) is 5.69 Å². The van der Waals surface area contributed by atoms with Gasteiger partial charge in [-0.3, -0.25) is 0 Å². The molecule has 0 saturated heterocycles. The molecule has 0 unspecified atom stereocenters. The number of rotatable bonds is 8. The summed E-state index contributed by atoms with van der Waals surface area (Å²) in [6.07, 6.45) is 0. The third-order valence-corrected chi connectivity index (χ3v) is 5.52. The molecular formula is C23H21BrClN3O3. The molecule has 0 aliphatic rings. The molecule has 160 valence electrons. The maximum Gasteiger partial charge on any atom is 0.323 e. The Labute approximate surface area is 192 Å². The van der Waals surface area contributed by atoms with Gasteiger partial charge in [-0.15, -0.1) is 0 Å². The van der Waals surface area contributed by atoms with Gasteiger partial charge >= 0.3 is 5.69 Å². The van der Waals surface area contributed by atoms with Crippen molar-refractivity contribution in [1.29, 1.82) is 0 Å². The van der Waals surface area contributed by atoms with Crippen LogP contribution in [0.1, 0.15) is 18.1 Å². The lowest BCUT2D eigenvalue weighted by molar-refractivity contribution is 0.267. The van der Waals surface area contributed by atoms with Crippen LogP contribution in [-0.4, -0.2) is 16.6 Å². The fourth-order valence-electron chi connectivity index (χ4n) is 3.21. The highest BCUT2D eigenvalue weighted by Gasteiger charge is 2.13. The Balaban J connectivity index is 1.49. The maximum absolute atomic E-state index is 11.4.